The van der Waals surface area contributed by atoms with Crippen LogP contribution >= 0.6 is 0 Å². The average molecular weight is 270 g/mol. The van der Waals surface area contributed by atoms with Gasteiger partial charge in [-0.2, -0.15) is 0 Å². The van der Waals surface area contributed by atoms with Crippen LogP contribution in [0.15, 0.2) is 24.3 Å². The normalized spacial score (nSPS) is 24.4. The van der Waals surface area contributed by atoms with Gasteiger partial charge in [0, 0.05) is 29.2 Å². The van der Waals surface area contributed by atoms with Crippen molar-refractivity contribution in [3.8, 4) is 0 Å². The first kappa shape index (κ1) is 12.4. The number of aliphatic hydroxyl groups is 1. The number of nitrogens with one attached hydrogen (secondary N) is 2. The van der Waals surface area contributed by atoms with Crippen molar-refractivity contribution in [3.05, 3.63) is 35.5 Å². The minimum absolute atomic E-state index is 0.371. The standard InChI is InChI=1S/C17H22N2O/c20-17(9-4-10-17)11-18-15-8-3-6-13-12-5-1-2-7-14(12)19-16(13)15/h1-2,5,7,15,18-20H,3-4,6,8-11H2. The van der Waals surface area contributed by atoms with Gasteiger partial charge in [-0.05, 0) is 50.2 Å². The highest BCUT2D eigenvalue weighted by molar-refractivity contribution is 5.85. The fraction of sp³-hybridized carbons (Fsp3) is 0.529. The van der Waals surface area contributed by atoms with Crippen molar-refractivity contribution in [1.82, 2.24) is 10.3 Å². The third-order valence-corrected chi connectivity index (χ3v) is 5.08. The monoisotopic (exact) mass is 270 g/mol. The van der Waals surface area contributed by atoms with Crippen molar-refractivity contribution in [2.75, 3.05) is 6.54 Å². The van der Waals surface area contributed by atoms with Crippen LogP contribution in [-0.4, -0.2) is 22.2 Å². The topological polar surface area (TPSA) is 48.0 Å². The molecule has 3 N–H and O–H groups in total. The molecule has 20 heavy (non-hydrogen) atoms. The maximum Gasteiger partial charge on any atom is 0.0771 e. The van der Waals surface area contributed by atoms with E-state index in [1.165, 1.54) is 41.4 Å². The number of benzene rings is 1. The average Bonchev–Trinajstić information content (AvgIpc) is 2.82. The van der Waals surface area contributed by atoms with Gasteiger partial charge in [0.2, 0.25) is 0 Å². The summed E-state index contributed by atoms with van der Waals surface area (Å²) in [5, 5.41) is 15.2. The Bertz CT molecular complexity index is 627. The van der Waals surface area contributed by atoms with E-state index >= 15 is 0 Å². The van der Waals surface area contributed by atoms with E-state index < -0.39 is 5.60 Å². The fourth-order valence-corrected chi connectivity index (χ4v) is 3.69. The largest absolute Gasteiger partial charge is 0.389 e. The maximum atomic E-state index is 10.3. The SMILES string of the molecule is OC1(CNC2CCCc3c2[nH]c2ccccc32)CCC1. The lowest BCUT2D eigenvalue weighted by Gasteiger charge is -2.38. The van der Waals surface area contributed by atoms with Gasteiger partial charge in [0.05, 0.1) is 5.60 Å². The zero-order chi connectivity index (χ0) is 13.6. The Kier molecular flexibility index (Phi) is 2.86. The number of H-pyrrole nitrogens is 1. The van der Waals surface area contributed by atoms with E-state index in [9.17, 15) is 5.11 Å². The van der Waals surface area contributed by atoms with E-state index in [0.29, 0.717) is 6.04 Å². The van der Waals surface area contributed by atoms with Crippen LogP contribution in [0.3, 0.4) is 0 Å². The first-order valence-electron chi connectivity index (χ1n) is 7.80. The van der Waals surface area contributed by atoms with E-state index in [1.807, 2.05) is 0 Å². The van der Waals surface area contributed by atoms with Crippen molar-refractivity contribution in [2.45, 2.75) is 50.2 Å². The summed E-state index contributed by atoms with van der Waals surface area (Å²) in [6, 6.07) is 8.95. The van der Waals surface area contributed by atoms with Crippen molar-refractivity contribution >= 4 is 10.9 Å². The minimum atomic E-state index is -0.441. The molecule has 3 heteroatoms. The Hall–Kier alpha value is -1.32. The van der Waals surface area contributed by atoms with Gasteiger partial charge >= 0.3 is 0 Å². The molecule has 1 aromatic heterocycles. The number of fused-ring (bicyclic) bond motifs is 3. The number of hydrogen-bond acceptors (Lipinski definition) is 2. The molecule has 1 atom stereocenters. The molecule has 0 aliphatic heterocycles. The zero-order valence-corrected chi connectivity index (χ0v) is 11.8. The fourth-order valence-electron chi connectivity index (χ4n) is 3.69. The number of aromatic nitrogens is 1. The van der Waals surface area contributed by atoms with Crippen molar-refractivity contribution in [1.29, 1.82) is 0 Å². The molecule has 0 radical (unpaired) electrons. The highest BCUT2D eigenvalue weighted by atomic mass is 16.3. The number of hydrogen-bond donors (Lipinski definition) is 3. The van der Waals surface area contributed by atoms with E-state index in [4.69, 9.17) is 0 Å². The molecule has 1 aromatic carbocycles. The molecule has 106 valence electrons. The smallest absolute Gasteiger partial charge is 0.0771 e. The maximum absolute atomic E-state index is 10.3. The van der Waals surface area contributed by atoms with Gasteiger partial charge in [0.1, 0.15) is 0 Å². The summed E-state index contributed by atoms with van der Waals surface area (Å²) >= 11 is 0. The number of para-hydroxylation sites is 1. The third kappa shape index (κ3) is 1.97. The first-order chi connectivity index (χ1) is 9.75. The van der Waals surface area contributed by atoms with E-state index in [-0.39, 0.29) is 0 Å². The summed E-state index contributed by atoms with van der Waals surface area (Å²) in [6.45, 7) is 0.729. The Labute approximate surface area is 119 Å². The quantitative estimate of drug-likeness (QED) is 0.803. The van der Waals surface area contributed by atoms with Crippen LogP contribution in [0.4, 0.5) is 0 Å². The van der Waals surface area contributed by atoms with Crippen LogP contribution in [0.2, 0.25) is 0 Å². The predicted molar refractivity (Wildman–Crippen MR) is 80.8 cm³/mol. The van der Waals surface area contributed by atoms with Crippen LogP contribution in [0, 0.1) is 0 Å². The van der Waals surface area contributed by atoms with Gasteiger partial charge in [-0.1, -0.05) is 18.2 Å². The molecule has 1 unspecified atom stereocenters. The second-order valence-corrected chi connectivity index (χ2v) is 6.47. The van der Waals surface area contributed by atoms with Crippen LogP contribution < -0.4 is 5.32 Å². The molecule has 2 aliphatic carbocycles. The van der Waals surface area contributed by atoms with Crippen molar-refractivity contribution < 1.29 is 5.11 Å². The summed E-state index contributed by atoms with van der Waals surface area (Å²) in [7, 11) is 0. The lowest BCUT2D eigenvalue weighted by Crippen LogP contribution is -2.47. The minimum Gasteiger partial charge on any atom is -0.389 e. The Balaban J connectivity index is 1.61. The van der Waals surface area contributed by atoms with Crippen LogP contribution in [-0.2, 0) is 6.42 Å². The van der Waals surface area contributed by atoms with Crippen LogP contribution in [0.1, 0.15) is 49.4 Å². The molecule has 2 aliphatic rings. The molecule has 0 bridgehead atoms. The summed E-state index contributed by atoms with van der Waals surface area (Å²) in [5.41, 5.74) is 3.63. The molecule has 3 nitrogen and oxygen atoms in total. The van der Waals surface area contributed by atoms with Gasteiger partial charge in [-0.3, -0.25) is 0 Å². The molecule has 2 aromatic rings. The summed E-state index contributed by atoms with van der Waals surface area (Å²) in [6.07, 6.45) is 6.63. The molecular weight excluding hydrogens is 248 g/mol. The molecule has 1 fully saturated rings. The summed E-state index contributed by atoms with van der Waals surface area (Å²) < 4.78 is 0. The molecule has 1 saturated carbocycles. The molecule has 4 rings (SSSR count). The lowest BCUT2D eigenvalue weighted by atomic mass is 9.80. The molecule has 0 amide bonds. The molecule has 1 heterocycles. The lowest BCUT2D eigenvalue weighted by molar-refractivity contribution is -0.0336. The first-order valence-corrected chi connectivity index (χ1v) is 7.80. The highest BCUT2D eigenvalue weighted by Gasteiger charge is 2.35. The second kappa shape index (κ2) is 4.61. The Morgan fingerprint density at radius 1 is 1.25 bits per heavy atom. The predicted octanol–water partition coefficient (Wildman–Crippen LogP) is 3.05. The molecule has 0 spiro atoms. The third-order valence-electron chi connectivity index (χ3n) is 5.08. The van der Waals surface area contributed by atoms with Crippen LogP contribution in [0.25, 0.3) is 10.9 Å². The zero-order valence-electron chi connectivity index (χ0n) is 11.8. The Morgan fingerprint density at radius 2 is 2.10 bits per heavy atom. The highest BCUT2D eigenvalue weighted by Crippen LogP contribution is 2.36. The van der Waals surface area contributed by atoms with Crippen LogP contribution in [0.5, 0.6) is 0 Å². The second-order valence-electron chi connectivity index (χ2n) is 6.47. The van der Waals surface area contributed by atoms with E-state index in [0.717, 1.165) is 25.8 Å². The van der Waals surface area contributed by atoms with Gasteiger partial charge in [-0.25, -0.2) is 0 Å². The number of rotatable bonds is 3. The molecular formula is C17H22N2O. The summed E-state index contributed by atoms with van der Waals surface area (Å²) in [5.74, 6) is 0. The number of aromatic amines is 1. The molecule has 0 saturated heterocycles. The van der Waals surface area contributed by atoms with E-state index in [2.05, 4.69) is 34.6 Å². The summed E-state index contributed by atoms with van der Waals surface area (Å²) in [4.78, 5) is 3.59. The van der Waals surface area contributed by atoms with Gasteiger partial charge < -0.3 is 15.4 Å². The van der Waals surface area contributed by atoms with Gasteiger partial charge in [0.25, 0.3) is 0 Å². The van der Waals surface area contributed by atoms with E-state index in [1.54, 1.807) is 0 Å². The number of aryl methyl sites for hydroxylation is 1. The van der Waals surface area contributed by atoms with Crippen molar-refractivity contribution in [2.24, 2.45) is 0 Å². The van der Waals surface area contributed by atoms with Gasteiger partial charge in [-0.15, -0.1) is 0 Å². The Morgan fingerprint density at radius 3 is 2.90 bits per heavy atom. The van der Waals surface area contributed by atoms with Gasteiger partial charge in [0.15, 0.2) is 0 Å². The van der Waals surface area contributed by atoms with Crippen molar-refractivity contribution in [3.63, 3.8) is 0 Å².